The van der Waals surface area contributed by atoms with Crippen LogP contribution in [0.2, 0.25) is 0 Å². The van der Waals surface area contributed by atoms with Gasteiger partial charge in [-0.15, -0.1) is 0 Å². The van der Waals surface area contributed by atoms with Crippen LogP contribution in [0.25, 0.3) is 0 Å². The number of rotatable bonds is 6. The topological polar surface area (TPSA) is 104 Å². The fourth-order valence-corrected chi connectivity index (χ4v) is 1.27. The molecule has 0 aromatic rings. The van der Waals surface area contributed by atoms with Gasteiger partial charge in [0.2, 0.25) is 0 Å². The highest BCUT2D eigenvalue weighted by Gasteiger charge is 2.28. The van der Waals surface area contributed by atoms with Crippen LogP contribution in [-0.2, 0) is 14.3 Å². The van der Waals surface area contributed by atoms with E-state index in [0.717, 1.165) is 0 Å². The Labute approximate surface area is 140 Å². The second-order valence-electron chi connectivity index (χ2n) is 6.87. The molecule has 0 rings (SSSR count). The molecule has 0 aliphatic rings. The lowest BCUT2D eigenvalue weighted by Crippen LogP contribution is -2.36. The van der Waals surface area contributed by atoms with Gasteiger partial charge < -0.3 is 20.1 Å². The van der Waals surface area contributed by atoms with E-state index in [9.17, 15) is 14.7 Å². The van der Waals surface area contributed by atoms with Crippen LogP contribution in [-0.4, -0.2) is 53.5 Å². The second kappa shape index (κ2) is 14.6. The third-order valence-electron chi connectivity index (χ3n) is 2.83. The minimum atomic E-state index is -0.475. The quantitative estimate of drug-likeness (QED) is 0.505. The third-order valence-corrected chi connectivity index (χ3v) is 2.83. The molecule has 0 aromatic carbocycles. The molecule has 0 saturated heterocycles. The van der Waals surface area contributed by atoms with Gasteiger partial charge in [0.25, 0.3) is 0 Å². The van der Waals surface area contributed by atoms with Gasteiger partial charge in [-0.1, -0.05) is 41.5 Å². The maximum absolute atomic E-state index is 10.2. The predicted molar refractivity (Wildman–Crippen MR) is 90.9 cm³/mol. The fourth-order valence-electron chi connectivity index (χ4n) is 1.27. The number of carbonyl (C=O) groups is 2. The first-order valence-electron chi connectivity index (χ1n) is 7.81. The average Bonchev–Trinajstić information content (AvgIpc) is 2.46. The van der Waals surface area contributed by atoms with E-state index in [1.165, 1.54) is 14.0 Å². The second-order valence-corrected chi connectivity index (χ2v) is 6.87. The number of Topliss-reactive ketones (excluding diaryl/α,β-unsaturated/α-hetero) is 1. The van der Waals surface area contributed by atoms with Crippen LogP contribution < -0.4 is 0 Å². The van der Waals surface area contributed by atoms with Crippen molar-refractivity contribution in [3.8, 4) is 0 Å². The molecule has 1 unspecified atom stereocenters. The van der Waals surface area contributed by atoms with E-state index in [1.807, 2.05) is 41.5 Å². The van der Waals surface area contributed by atoms with Crippen molar-refractivity contribution < 1.29 is 29.6 Å². The van der Waals surface area contributed by atoms with Crippen molar-refractivity contribution >= 4 is 11.8 Å². The van der Waals surface area contributed by atoms with Crippen LogP contribution in [0.4, 0.5) is 0 Å². The van der Waals surface area contributed by atoms with Gasteiger partial charge in [-0.25, -0.2) is 0 Å². The van der Waals surface area contributed by atoms with E-state index < -0.39 is 12.1 Å². The van der Waals surface area contributed by atoms with Gasteiger partial charge in [0.05, 0.1) is 19.8 Å². The molecule has 140 valence electrons. The van der Waals surface area contributed by atoms with Gasteiger partial charge >= 0.3 is 5.97 Å². The van der Waals surface area contributed by atoms with Crippen LogP contribution in [0.5, 0.6) is 0 Å². The summed E-state index contributed by atoms with van der Waals surface area (Å²) >= 11 is 0. The molecule has 0 aliphatic heterocycles. The maximum Gasteiger partial charge on any atom is 0.313 e. The van der Waals surface area contributed by atoms with Gasteiger partial charge in [0.15, 0.2) is 0 Å². The summed E-state index contributed by atoms with van der Waals surface area (Å²) in [6.45, 7) is 13.2. The first-order chi connectivity index (χ1) is 10.3. The number of methoxy groups -OCH3 is 1. The number of esters is 1. The zero-order chi connectivity index (χ0) is 19.2. The minimum absolute atomic E-state index is 0.0341. The van der Waals surface area contributed by atoms with Crippen LogP contribution in [0.15, 0.2) is 0 Å². The average molecular weight is 336 g/mol. The van der Waals surface area contributed by atoms with Crippen molar-refractivity contribution in [1.29, 1.82) is 0 Å². The van der Waals surface area contributed by atoms with Gasteiger partial charge in [-0.2, -0.15) is 0 Å². The van der Waals surface area contributed by atoms with Crippen molar-refractivity contribution in [3.05, 3.63) is 0 Å². The number of hydrogen-bond donors (Lipinski definition) is 3. The molecule has 0 aliphatic carbocycles. The number of carbonyl (C=O) groups excluding carboxylic acids is 2. The summed E-state index contributed by atoms with van der Waals surface area (Å²) in [5, 5.41) is 26.5. The van der Waals surface area contributed by atoms with E-state index in [2.05, 4.69) is 4.74 Å². The highest BCUT2D eigenvalue weighted by Crippen LogP contribution is 2.24. The Morgan fingerprint density at radius 1 is 1.09 bits per heavy atom. The lowest BCUT2D eigenvalue weighted by atomic mass is 9.82. The van der Waals surface area contributed by atoms with Gasteiger partial charge in [-0.3, -0.25) is 9.59 Å². The standard InChI is InChI=1S/C8H18O2.C5H8O3.C4H10O/c1-6(2)7(10)8(3,4)5-9;1-4(6)3-5(7)8-2;1-4(2)3-5/h6-7,9-10H,5H2,1-4H3;3H2,1-2H3;4-5H,3H2,1-2H3. The lowest BCUT2D eigenvalue weighted by Gasteiger charge is -2.30. The number of aliphatic hydroxyl groups excluding tert-OH is 3. The third kappa shape index (κ3) is 19.0. The summed E-state index contributed by atoms with van der Waals surface area (Å²) in [5.74, 6) is 0.00602. The van der Waals surface area contributed by atoms with Gasteiger partial charge in [-0.05, 0) is 18.8 Å². The molecular weight excluding hydrogens is 300 g/mol. The smallest absolute Gasteiger partial charge is 0.313 e. The molecule has 0 saturated carbocycles. The molecular formula is C17H36O6. The largest absolute Gasteiger partial charge is 0.469 e. The van der Waals surface area contributed by atoms with Gasteiger partial charge in [0.1, 0.15) is 12.2 Å². The zero-order valence-electron chi connectivity index (χ0n) is 15.9. The van der Waals surface area contributed by atoms with Crippen molar-refractivity contribution in [2.24, 2.45) is 17.3 Å². The summed E-state index contributed by atoms with van der Waals surface area (Å²) in [6.07, 6.45) is -0.534. The highest BCUT2D eigenvalue weighted by atomic mass is 16.5. The molecule has 0 aromatic heterocycles. The zero-order valence-corrected chi connectivity index (χ0v) is 15.9. The van der Waals surface area contributed by atoms with Crippen molar-refractivity contribution in [2.45, 2.75) is 61.0 Å². The van der Waals surface area contributed by atoms with Crippen molar-refractivity contribution in [3.63, 3.8) is 0 Å². The minimum Gasteiger partial charge on any atom is -0.469 e. The summed E-state index contributed by atoms with van der Waals surface area (Å²) in [4.78, 5) is 20.3. The van der Waals surface area contributed by atoms with E-state index in [0.29, 0.717) is 12.5 Å². The van der Waals surface area contributed by atoms with Crippen LogP contribution in [0.3, 0.4) is 0 Å². The van der Waals surface area contributed by atoms with E-state index in [-0.39, 0.29) is 30.1 Å². The predicted octanol–water partition coefficient (Wildman–Crippen LogP) is 1.79. The molecule has 6 nitrogen and oxygen atoms in total. The monoisotopic (exact) mass is 336 g/mol. The van der Waals surface area contributed by atoms with Crippen LogP contribution in [0.1, 0.15) is 54.9 Å². The molecule has 0 fully saturated rings. The number of ether oxygens (including phenoxy) is 1. The van der Waals surface area contributed by atoms with E-state index in [1.54, 1.807) is 0 Å². The van der Waals surface area contributed by atoms with Crippen LogP contribution >= 0.6 is 0 Å². The molecule has 3 N–H and O–H groups in total. The first kappa shape index (κ1) is 26.9. The van der Waals surface area contributed by atoms with Crippen molar-refractivity contribution in [1.82, 2.24) is 0 Å². The Morgan fingerprint density at radius 3 is 1.57 bits per heavy atom. The molecule has 0 radical (unpaired) electrons. The Kier molecular flexibility index (Phi) is 17.1. The summed E-state index contributed by atoms with van der Waals surface area (Å²) in [7, 11) is 1.26. The normalized spacial score (nSPS) is 11.9. The molecule has 0 bridgehead atoms. The summed E-state index contributed by atoms with van der Waals surface area (Å²) in [5.41, 5.74) is -0.367. The Hall–Kier alpha value is -0.980. The Bertz CT molecular complexity index is 310. The highest BCUT2D eigenvalue weighted by molar-refractivity contribution is 5.93. The SMILES string of the molecule is CC(C)C(O)C(C)(C)CO.CC(C)CO.COC(=O)CC(C)=O. The maximum atomic E-state index is 10.2. The number of hydrogen-bond acceptors (Lipinski definition) is 6. The Morgan fingerprint density at radius 2 is 1.48 bits per heavy atom. The van der Waals surface area contributed by atoms with Crippen molar-refractivity contribution in [2.75, 3.05) is 20.3 Å². The first-order valence-corrected chi connectivity index (χ1v) is 7.81. The fraction of sp³-hybridized carbons (Fsp3) is 0.882. The summed E-state index contributed by atoms with van der Waals surface area (Å²) < 4.78 is 4.20. The lowest BCUT2D eigenvalue weighted by molar-refractivity contribution is -0.142. The molecule has 0 amide bonds. The number of aliphatic hydroxyl groups is 3. The number of ketones is 1. The molecule has 0 heterocycles. The van der Waals surface area contributed by atoms with E-state index >= 15 is 0 Å². The molecule has 6 heteroatoms. The molecule has 1 atom stereocenters. The summed E-state index contributed by atoms with van der Waals surface area (Å²) in [6, 6.07) is 0. The molecule has 0 spiro atoms. The van der Waals surface area contributed by atoms with Crippen LogP contribution in [0, 0.1) is 17.3 Å². The Balaban J connectivity index is -0.000000276. The van der Waals surface area contributed by atoms with Gasteiger partial charge in [0, 0.05) is 12.0 Å². The van der Waals surface area contributed by atoms with E-state index in [4.69, 9.17) is 10.2 Å². The molecule has 23 heavy (non-hydrogen) atoms.